The van der Waals surface area contributed by atoms with Crippen LogP contribution in [0.2, 0.25) is 0 Å². The number of nitrogens with two attached hydrogens (primary N) is 1. The van der Waals surface area contributed by atoms with Crippen molar-refractivity contribution >= 4 is 27.9 Å². The summed E-state index contributed by atoms with van der Waals surface area (Å²) in [7, 11) is 1.20. The lowest BCUT2D eigenvalue weighted by molar-refractivity contribution is -0.170. The lowest BCUT2D eigenvalue weighted by Gasteiger charge is -2.28. The van der Waals surface area contributed by atoms with Crippen molar-refractivity contribution in [3.8, 4) is 0 Å². The number of methoxy groups -OCH3 is 1. The highest BCUT2D eigenvalue weighted by Crippen LogP contribution is 2.19. The first kappa shape index (κ1) is 16.4. The van der Waals surface area contributed by atoms with Crippen molar-refractivity contribution in [2.24, 2.45) is 5.73 Å². The summed E-state index contributed by atoms with van der Waals surface area (Å²) in [6.45, 7) is 5.15. The molecule has 0 aliphatic carbocycles. The van der Waals surface area contributed by atoms with Crippen molar-refractivity contribution in [1.82, 2.24) is 0 Å². The van der Waals surface area contributed by atoms with Crippen molar-refractivity contribution in [3.05, 3.63) is 0 Å². The number of esters is 2. The number of hydrogen-bond donors (Lipinski definition) is 1. The van der Waals surface area contributed by atoms with Crippen molar-refractivity contribution in [2.75, 3.05) is 12.4 Å². The first-order valence-corrected chi connectivity index (χ1v) is 6.46. The Bertz CT molecular complexity index is 288. The summed E-state index contributed by atoms with van der Waals surface area (Å²) in [4.78, 5) is 23.5. The third kappa shape index (κ3) is 5.04. The number of halogens is 1. The number of carbonyl (C=O) groups excluding carboxylic acids is 2. The molecule has 100 valence electrons. The summed E-state index contributed by atoms with van der Waals surface area (Å²) in [6.07, 6.45) is 0.755. The normalized spacial score (nSPS) is 14.9. The second-order valence-electron chi connectivity index (χ2n) is 4.76. The minimum absolute atomic E-state index is 0.180. The van der Waals surface area contributed by atoms with Gasteiger partial charge in [-0.05, 0) is 33.6 Å². The number of rotatable bonds is 5. The molecule has 0 fully saturated rings. The fourth-order valence-corrected chi connectivity index (χ4v) is 1.46. The van der Waals surface area contributed by atoms with E-state index in [1.165, 1.54) is 7.11 Å². The van der Waals surface area contributed by atoms with E-state index in [-0.39, 0.29) is 6.42 Å². The van der Waals surface area contributed by atoms with E-state index >= 15 is 0 Å². The van der Waals surface area contributed by atoms with Crippen LogP contribution in [0.4, 0.5) is 0 Å². The van der Waals surface area contributed by atoms with Gasteiger partial charge in [-0.3, -0.25) is 0 Å². The summed E-state index contributed by atoms with van der Waals surface area (Å²) in [5, 5.41) is 0.645. The maximum Gasteiger partial charge on any atom is 0.338 e. The van der Waals surface area contributed by atoms with Gasteiger partial charge in [0.15, 0.2) is 0 Å². The van der Waals surface area contributed by atoms with Gasteiger partial charge < -0.3 is 15.2 Å². The zero-order valence-electron chi connectivity index (χ0n) is 10.7. The molecule has 1 atom stereocenters. The first-order chi connectivity index (χ1) is 7.67. The molecule has 0 heterocycles. The summed E-state index contributed by atoms with van der Waals surface area (Å²) in [5.74, 6) is -1.52. The average Bonchev–Trinajstić information content (AvgIpc) is 2.22. The van der Waals surface area contributed by atoms with Gasteiger partial charge in [0, 0.05) is 5.33 Å². The number of ether oxygens (including phenoxy) is 2. The minimum Gasteiger partial charge on any atom is -0.467 e. The van der Waals surface area contributed by atoms with E-state index in [4.69, 9.17) is 10.5 Å². The zero-order chi connectivity index (χ0) is 13.7. The van der Waals surface area contributed by atoms with Crippen LogP contribution < -0.4 is 5.73 Å². The molecule has 2 N–H and O–H groups in total. The molecule has 0 amide bonds. The lowest BCUT2D eigenvalue weighted by Crippen LogP contribution is -2.57. The summed E-state index contributed by atoms with van der Waals surface area (Å²) >= 11 is 3.22. The predicted molar refractivity (Wildman–Crippen MR) is 67.8 cm³/mol. The molecule has 0 aromatic heterocycles. The molecular formula is C11H20BrNO4. The Hall–Kier alpha value is -0.620. The van der Waals surface area contributed by atoms with Crippen LogP contribution in [0.5, 0.6) is 0 Å². The predicted octanol–water partition coefficient (Wildman–Crippen LogP) is 1.37. The fraction of sp³-hybridized carbons (Fsp3) is 0.818. The van der Waals surface area contributed by atoms with Crippen molar-refractivity contribution < 1.29 is 19.1 Å². The molecular weight excluding hydrogens is 290 g/mol. The Balaban J connectivity index is 4.91. The van der Waals surface area contributed by atoms with Crippen LogP contribution >= 0.6 is 15.9 Å². The van der Waals surface area contributed by atoms with E-state index in [0.29, 0.717) is 11.8 Å². The Kier molecular flexibility index (Phi) is 6.12. The van der Waals surface area contributed by atoms with E-state index in [9.17, 15) is 9.59 Å². The molecule has 0 unspecified atom stereocenters. The highest BCUT2D eigenvalue weighted by Gasteiger charge is 2.45. The molecule has 0 aliphatic rings. The van der Waals surface area contributed by atoms with Gasteiger partial charge in [-0.2, -0.15) is 0 Å². The maximum atomic E-state index is 11.9. The van der Waals surface area contributed by atoms with Crippen LogP contribution in [-0.4, -0.2) is 35.5 Å². The van der Waals surface area contributed by atoms with Crippen molar-refractivity contribution in [2.45, 2.75) is 44.8 Å². The van der Waals surface area contributed by atoms with E-state index in [1.807, 2.05) is 0 Å². The molecule has 0 spiro atoms. The maximum absolute atomic E-state index is 11.9. The molecule has 0 radical (unpaired) electrons. The van der Waals surface area contributed by atoms with Gasteiger partial charge in [0.05, 0.1) is 7.11 Å². The van der Waals surface area contributed by atoms with Crippen LogP contribution in [0, 0.1) is 0 Å². The molecule has 0 aromatic rings. The third-order valence-electron chi connectivity index (χ3n) is 2.02. The van der Waals surface area contributed by atoms with E-state index in [1.54, 1.807) is 20.8 Å². The van der Waals surface area contributed by atoms with Gasteiger partial charge in [-0.15, -0.1) is 0 Å². The van der Waals surface area contributed by atoms with Crippen LogP contribution in [0.25, 0.3) is 0 Å². The molecule has 17 heavy (non-hydrogen) atoms. The summed E-state index contributed by atoms with van der Waals surface area (Å²) < 4.78 is 9.71. The Morgan fingerprint density at radius 3 is 2.12 bits per heavy atom. The quantitative estimate of drug-likeness (QED) is 0.471. The first-order valence-electron chi connectivity index (χ1n) is 5.34. The average molecular weight is 310 g/mol. The fourth-order valence-electron chi connectivity index (χ4n) is 1.18. The van der Waals surface area contributed by atoms with E-state index < -0.39 is 23.1 Å². The standard InChI is InChI=1S/C11H20BrNO4/c1-10(2,3)17-9(15)11(13,6-5-7-12)8(14)16-4/h5-7,13H2,1-4H3/t11-/m0/s1. The van der Waals surface area contributed by atoms with Crippen LogP contribution in [0.3, 0.4) is 0 Å². The largest absolute Gasteiger partial charge is 0.467 e. The Morgan fingerprint density at radius 2 is 1.76 bits per heavy atom. The van der Waals surface area contributed by atoms with E-state index in [0.717, 1.165) is 0 Å². The van der Waals surface area contributed by atoms with Gasteiger partial charge in [-0.25, -0.2) is 9.59 Å². The van der Waals surface area contributed by atoms with Gasteiger partial charge in [0.25, 0.3) is 0 Å². The topological polar surface area (TPSA) is 78.6 Å². The molecule has 6 heteroatoms. The molecule has 0 saturated heterocycles. The number of carbonyl (C=O) groups is 2. The number of hydrogen-bond acceptors (Lipinski definition) is 5. The molecule has 0 aliphatic heterocycles. The highest BCUT2D eigenvalue weighted by molar-refractivity contribution is 9.09. The SMILES string of the molecule is COC(=O)[C@@](N)(CCCBr)C(=O)OC(C)(C)C. The summed E-state index contributed by atoms with van der Waals surface area (Å²) in [6, 6.07) is 0. The van der Waals surface area contributed by atoms with Crippen LogP contribution in [0.1, 0.15) is 33.6 Å². The third-order valence-corrected chi connectivity index (χ3v) is 2.58. The Morgan fingerprint density at radius 1 is 1.24 bits per heavy atom. The van der Waals surface area contributed by atoms with Crippen molar-refractivity contribution in [3.63, 3.8) is 0 Å². The number of alkyl halides is 1. The lowest BCUT2D eigenvalue weighted by atomic mass is 9.95. The second-order valence-corrected chi connectivity index (χ2v) is 5.55. The highest BCUT2D eigenvalue weighted by atomic mass is 79.9. The molecule has 0 saturated carbocycles. The molecule has 0 aromatic carbocycles. The van der Waals surface area contributed by atoms with Gasteiger partial charge in [0.1, 0.15) is 5.60 Å². The van der Waals surface area contributed by atoms with Gasteiger partial charge in [0.2, 0.25) is 5.54 Å². The second kappa shape index (κ2) is 6.35. The van der Waals surface area contributed by atoms with Gasteiger partial charge >= 0.3 is 11.9 Å². The molecule has 0 bridgehead atoms. The van der Waals surface area contributed by atoms with Gasteiger partial charge in [-0.1, -0.05) is 15.9 Å². The minimum atomic E-state index is -1.73. The van der Waals surface area contributed by atoms with E-state index in [2.05, 4.69) is 20.7 Å². The van der Waals surface area contributed by atoms with Crippen LogP contribution in [-0.2, 0) is 19.1 Å². The van der Waals surface area contributed by atoms with Crippen molar-refractivity contribution in [1.29, 1.82) is 0 Å². The smallest absolute Gasteiger partial charge is 0.338 e. The molecule has 0 rings (SSSR count). The molecule has 5 nitrogen and oxygen atoms in total. The van der Waals surface area contributed by atoms with Crippen LogP contribution in [0.15, 0.2) is 0 Å². The monoisotopic (exact) mass is 309 g/mol. The Labute approximate surface area is 110 Å². The zero-order valence-corrected chi connectivity index (χ0v) is 12.3. The summed E-state index contributed by atoms with van der Waals surface area (Å²) in [5.41, 5.74) is 3.40.